The molecule has 11 heavy (non-hydrogen) atoms. The number of rotatable bonds is 2. The molecule has 0 spiro atoms. The maximum atomic E-state index is 10.4. The van der Waals surface area contributed by atoms with Crippen LogP contribution in [-0.2, 0) is 4.79 Å². The minimum atomic E-state index is -0.769. The SMILES string of the molecule is N=C(N)S[C@@H]1CCC1C(=O)O. The number of carboxylic acid groups (broad SMARTS) is 1. The van der Waals surface area contributed by atoms with E-state index < -0.39 is 5.97 Å². The predicted molar refractivity (Wildman–Crippen MR) is 43.7 cm³/mol. The normalized spacial score (nSPS) is 29.1. The Morgan fingerprint density at radius 3 is 2.55 bits per heavy atom. The van der Waals surface area contributed by atoms with Crippen LogP contribution in [0.25, 0.3) is 0 Å². The van der Waals surface area contributed by atoms with Gasteiger partial charge >= 0.3 is 5.97 Å². The van der Waals surface area contributed by atoms with Gasteiger partial charge in [0.25, 0.3) is 0 Å². The molecule has 0 saturated heterocycles. The van der Waals surface area contributed by atoms with E-state index >= 15 is 0 Å². The molecule has 0 amide bonds. The van der Waals surface area contributed by atoms with Crippen molar-refractivity contribution in [1.82, 2.24) is 0 Å². The van der Waals surface area contributed by atoms with Crippen molar-refractivity contribution in [3.63, 3.8) is 0 Å². The van der Waals surface area contributed by atoms with Crippen LogP contribution in [0.1, 0.15) is 12.8 Å². The largest absolute Gasteiger partial charge is 0.481 e. The zero-order chi connectivity index (χ0) is 8.43. The van der Waals surface area contributed by atoms with E-state index in [0.29, 0.717) is 0 Å². The van der Waals surface area contributed by atoms with Crippen molar-refractivity contribution in [2.45, 2.75) is 18.1 Å². The summed E-state index contributed by atoms with van der Waals surface area (Å²) in [6.07, 6.45) is 1.58. The van der Waals surface area contributed by atoms with Crippen LogP contribution in [0.3, 0.4) is 0 Å². The van der Waals surface area contributed by atoms with Gasteiger partial charge < -0.3 is 10.8 Å². The van der Waals surface area contributed by atoms with Gasteiger partial charge in [0.15, 0.2) is 5.17 Å². The lowest BCUT2D eigenvalue weighted by Crippen LogP contribution is -2.36. The summed E-state index contributed by atoms with van der Waals surface area (Å²) in [5.74, 6) is -1.06. The summed E-state index contributed by atoms with van der Waals surface area (Å²) in [6, 6.07) is 0. The third kappa shape index (κ3) is 1.86. The number of hydrogen-bond donors (Lipinski definition) is 3. The summed E-state index contributed by atoms with van der Waals surface area (Å²) in [6.45, 7) is 0. The lowest BCUT2D eigenvalue weighted by Gasteiger charge is -2.31. The molecule has 0 aromatic carbocycles. The van der Waals surface area contributed by atoms with Crippen LogP contribution in [0.15, 0.2) is 0 Å². The minimum absolute atomic E-state index is 0.0148. The Labute approximate surface area is 68.7 Å². The third-order valence-electron chi connectivity index (χ3n) is 1.81. The quantitative estimate of drug-likeness (QED) is 0.419. The molecule has 4 N–H and O–H groups in total. The zero-order valence-corrected chi connectivity index (χ0v) is 6.73. The molecule has 0 aliphatic heterocycles. The highest BCUT2D eigenvalue weighted by molar-refractivity contribution is 8.14. The standard InChI is InChI=1S/C6H10N2O2S/c7-6(8)11-4-2-1-3(4)5(9)10/h3-4H,1-2H2,(H3,7,8)(H,9,10)/t3?,4-/m1/s1. The summed E-state index contributed by atoms with van der Waals surface area (Å²) in [5, 5.41) is 15.6. The number of aliphatic carboxylic acids is 1. The minimum Gasteiger partial charge on any atom is -0.481 e. The van der Waals surface area contributed by atoms with E-state index in [1.165, 1.54) is 0 Å². The lowest BCUT2D eigenvalue weighted by molar-refractivity contribution is -0.144. The first-order valence-electron chi connectivity index (χ1n) is 3.34. The van der Waals surface area contributed by atoms with Crippen molar-refractivity contribution in [2.75, 3.05) is 0 Å². The molecule has 0 heterocycles. The lowest BCUT2D eigenvalue weighted by atomic mass is 9.85. The number of nitrogens with two attached hydrogens (primary N) is 1. The highest BCUT2D eigenvalue weighted by atomic mass is 32.2. The average molecular weight is 174 g/mol. The Kier molecular flexibility index (Phi) is 2.38. The molecule has 1 unspecified atom stereocenters. The monoisotopic (exact) mass is 174 g/mol. The molecule has 1 aliphatic carbocycles. The number of hydrogen-bond acceptors (Lipinski definition) is 3. The predicted octanol–water partition coefficient (Wildman–Crippen LogP) is 0.476. The number of amidine groups is 1. The molecule has 2 atom stereocenters. The Balaban J connectivity index is 2.37. The molecular formula is C6H10N2O2S. The fourth-order valence-electron chi connectivity index (χ4n) is 1.06. The van der Waals surface area contributed by atoms with Crippen LogP contribution in [0.4, 0.5) is 0 Å². The molecule has 0 bridgehead atoms. The zero-order valence-electron chi connectivity index (χ0n) is 5.91. The number of thioether (sulfide) groups is 1. The van der Waals surface area contributed by atoms with E-state index in [9.17, 15) is 4.79 Å². The Morgan fingerprint density at radius 2 is 2.27 bits per heavy atom. The van der Waals surface area contributed by atoms with Gasteiger partial charge in [0.1, 0.15) is 0 Å². The highest BCUT2D eigenvalue weighted by Gasteiger charge is 2.37. The van der Waals surface area contributed by atoms with Crippen molar-refractivity contribution in [3.8, 4) is 0 Å². The van der Waals surface area contributed by atoms with Gasteiger partial charge in [-0.3, -0.25) is 10.2 Å². The first-order valence-corrected chi connectivity index (χ1v) is 4.22. The molecule has 1 fully saturated rings. The van der Waals surface area contributed by atoms with Crippen molar-refractivity contribution in [1.29, 1.82) is 5.41 Å². The number of carbonyl (C=O) groups is 1. The maximum Gasteiger partial charge on any atom is 0.307 e. The van der Waals surface area contributed by atoms with Crippen LogP contribution >= 0.6 is 11.8 Å². The van der Waals surface area contributed by atoms with Gasteiger partial charge in [0.2, 0.25) is 0 Å². The molecule has 0 aromatic heterocycles. The summed E-state index contributed by atoms with van der Waals surface area (Å²) in [4.78, 5) is 10.4. The molecule has 62 valence electrons. The van der Waals surface area contributed by atoms with Crippen molar-refractivity contribution in [2.24, 2.45) is 11.7 Å². The van der Waals surface area contributed by atoms with Crippen LogP contribution in [0.2, 0.25) is 0 Å². The second-order valence-corrected chi connectivity index (χ2v) is 3.82. The average Bonchev–Trinajstić information content (AvgIpc) is 1.78. The van der Waals surface area contributed by atoms with Crippen LogP contribution in [0, 0.1) is 11.3 Å². The Hall–Kier alpha value is -0.710. The first kappa shape index (κ1) is 8.39. The van der Waals surface area contributed by atoms with E-state index in [0.717, 1.165) is 24.6 Å². The van der Waals surface area contributed by atoms with Gasteiger partial charge in [0.05, 0.1) is 5.92 Å². The van der Waals surface area contributed by atoms with E-state index in [1.54, 1.807) is 0 Å². The summed E-state index contributed by atoms with van der Waals surface area (Å²) in [5.41, 5.74) is 5.12. The van der Waals surface area contributed by atoms with Crippen LogP contribution < -0.4 is 5.73 Å². The Bertz CT molecular complexity index is 195. The van der Waals surface area contributed by atoms with Gasteiger partial charge in [0, 0.05) is 5.25 Å². The van der Waals surface area contributed by atoms with Gasteiger partial charge in [-0.1, -0.05) is 11.8 Å². The van der Waals surface area contributed by atoms with E-state index in [2.05, 4.69) is 0 Å². The van der Waals surface area contributed by atoms with Gasteiger partial charge in [-0.2, -0.15) is 0 Å². The fourth-order valence-corrected chi connectivity index (χ4v) is 2.05. The molecule has 1 rings (SSSR count). The second kappa shape index (κ2) is 3.13. The van der Waals surface area contributed by atoms with E-state index in [-0.39, 0.29) is 16.3 Å². The Morgan fingerprint density at radius 1 is 1.64 bits per heavy atom. The van der Waals surface area contributed by atoms with E-state index in [4.69, 9.17) is 16.2 Å². The summed E-state index contributed by atoms with van der Waals surface area (Å²) < 4.78 is 0. The third-order valence-corrected chi connectivity index (χ3v) is 2.93. The topological polar surface area (TPSA) is 87.2 Å². The molecule has 4 nitrogen and oxygen atoms in total. The van der Waals surface area contributed by atoms with Crippen LogP contribution in [-0.4, -0.2) is 21.5 Å². The smallest absolute Gasteiger partial charge is 0.307 e. The van der Waals surface area contributed by atoms with Crippen LogP contribution in [0.5, 0.6) is 0 Å². The van der Waals surface area contributed by atoms with Crippen molar-refractivity contribution >= 4 is 22.9 Å². The van der Waals surface area contributed by atoms with E-state index in [1.807, 2.05) is 0 Å². The summed E-state index contributed by atoms with van der Waals surface area (Å²) in [7, 11) is 0. The molecule has 0 radical (unpaired) electrons. The molecular weight excluding hydrogens is 164 g/mol. The van der Waals surface area contributed by atoms with Gasteiger partial charge in [-0.05, 0) is 12.8 Å². The molecule has 0 aromatic rings. The van der Waals surface area contributed by atoms with Gasteiger partial charge in [-0.15, -0.1) is 0 Å². The number of carboxylic acids is 1. The molecule has 1 saturated carbocycles. The maximum absolute atomic E-state index is 10.4. The second-order valence-electron chi connectivity index (χ2n) is 2.54. The fraction of sp³-hybridized carbons (Fsp3) is 0.667. The first-order chi connectivity index (χ1) is 5.11. The van der Waals surface area contributed by atoms with Gasteiger partial charge in [-0.25, -0.2) is 0 Å². The number of nitrogens with one attached hydrogen (secondary N) is 1. The van der Waals surface area contributed by atoms with Crippen molar-refractivity contribution in [3.05, 3.63) is 0 Å². The van der Waals surface area contributed by atoms with Crippen molar-refractivity contribution < 1.29 is 9.90 Å². The molecule has 5 heteroatoms. The summed E-state index contributed by atoms with van der Waals surface area (Å²) >= 11 is 1.16. The molecule has 1 aliphatic rings. The highest BCUT2D eigenvalue weighted by Crippen LogP contribution is 2.37.